The zero-order chi connectivity index (χ0) is 10.3. The Bertz CT molecular complexity index is 485. The lowest BCUT2D eigenvalue weighted by Gasteiger charge is -2.13. The molecule has 0 saturated carbocycles. The number of rotatable bonds is 1. The van der Waals surface area contributed by atoms with Crippen molar-refractivity contribution in [2.45, 2.75) is 19.8 Å². The van der Waals surface area contributed by atoms with Gasteiger partial charge in [0.05, 0.1) is 0 Å². The van der Waals surface area contributed by atoms with Gasteiger partial charge in [-0.3, -0.25) is 0 Å². The van der Waals surface area contributed by atoms with Gasteiger partial charge in [-0.15, -0.1) is 25.5 Å². The first-order valence-electron chi connectivity index (χ1n) is 5.02. The van der Waals surface area contributed by atoms with Crippen LogP contribution >= 0.6 is 0 Å². The predicted molar refractivity (Wildman–Crippen MR) is 52.6 cm³/mol. The summed E-state index contributed by atoms with van der Waals surface area (Å²) in [6.07, 6.45) is 2.39. The minimum atomic E-state index is 0.454. The molecular weight excluding hydrogens is 194 g/mol. The van der Waals surface area contributed by atoms with Crippen molar-refractivity contribution in [3.05, 3.63) is 5.82 Å². The van der Waals surface area contributed by atoms with Gasteiger partial charge in [0.15, 0.2) is 5.82 Å². The molecule has 0 bridgehead atoms. The number of anilines is 1. The summed E-state index contributed by atoms with van der Waals surface area (Å²) in [6.45, 7) is 3.87. The van der Waals surface area contributed by atoms with Crippen molar-refractivity contribution in [1.29, 1.82) is 0 Å². The molecule has 1 fully saturated rings. The lowest BCUT2D eigenvalue weighted by molar-refractivity contribution is 0.759. The summed E-state index contributed by atoms with van der Waals surface area (Å²) in [5.74, 6) is 1.86. The smallest absolute Gasteiger partial charge is 0.290 e. The molecule has 78 valence electrons. The van der Waals surface area contributed by atoms with E-state index in [9.17, 15) is 0 Å². The standard InChI is InChI=1S/C8H11N7/c1-6-9-10-7-11-12-8(13-15(6)7)14-4-2-3-5-14/h2-5H2,1H3. The van der Waals surface area contributed by atoms with Crippen LogP contribution < -0.4 is 4.90 Å². The Morgan fingerprint density at radius 3 is 2.53 bits per heavy atom. The Hall–Kier alpha value is -1.79. The van der Waals surface area contributed by atoms with Gasteiger partial charge in [-0.05, 0) is 19.8 Å². The summed E-state index contributed by atoms with van der Waals surface area (Å²) in [7, 11) is 0. The number of hydrogen-bond acceptors (Lipinski definition) is 6. The Morgan fingerprint density at radius 2 is 1.73 bits per heavy atom. The van der Waals surface area contributed by atoms with E-state index in [-0.39, 0.29) is 0 Å². The minimum absolute atomic E-state index is 0.454. The first-order chi connectivity index (χ1) is 7.34. The number of hydrogen-bond donors (Lipinski definition) is 0. The van der Waals surface area contributed by atoms with Gasteiger partial charge in [-0.25, -0.2) is 0 Å². The van der Waals surface area contributed by atoms with E-state index in [1.54, 1.807) is 4.52 Å². The number of nitrogens with zero attached hydrogens (tertiary/aromatic N) is 7. The van der Waals surface area contributed by atoms with Crippen LogP contribution in [0.15, 0.2) is 0 Å². The summed E-state index contributed by atoms with van der Waals surface area (Å²) in [4.78, 5) is 2.13. The predicted octanol–water partition coefficient (Wildman–Crippen LogP) is -0.177. The Balaban J connectivity index is 2.08. The zero-order valence-corrected chi connectivity index (χ0v) is 8.46. The highest BCUT2D eigenvalue weighted by molar-refractivity contribution is 5.32. The van der Waals surface area contributed by atoms with Crippen molar-refractivity contribution in [3.63, 3.8) is 0 Å². The van der Waals surface area contributed by atoms with E-state index < -0.39 is 0 Å². The fourth-order valence-electron chi connectivity index (χ4n) is 1.77. The molecule has 3 heterocycles. The maximum absolute atomic E-state index is 4.36. The summed E-state index contributed by atoms with van der Waals surface area (Å²) < 4.78 is 1.63. The van der Waals surface area contributed by atoms with Gasteiger partial charge >= 0.3 is 0 Å². The van der Waals surface area contributed by atoms with E-state index in [0.29, 0.717) is 11.7 Å². The molecule has 0 aromatic carbocycles. The first-order valence-corrected chi connectivity index (χ1v) is 5.02. The normalized spacial score (nSPS) is 16.5. The summed E-state index contributed by atoms with van der Waals surface area (Å²) in [5, 5.41) is 20.1. The van der Waals surface area contributed by atoms with E-state index in [4.69, 9.17) is 0 Å². The fourth-order valence-corrected chi connectivity index (χ4v) is 1.77. The molecule has 0 radical (unpaired) electrons. The van der Waals surface area contributed by atoms with Gasteiger partial charge in [0.2, 0.25) is 0 Å². The third kappa shape index (κ3) is 1.31. The zero-order valence-electron chi connectivity index (χ0n) is 8.46. The van der Waals surface area contributed by atoms with Crippen molar-refractivity contribution < 1.29 is 0 Å². The lowest BCUT2D eigenvalue weighted by Crippen LogP contribution is -2.22. The third-order valence-electron chi connectivity index (χ3n) is 2.59. The van der Waals surface area contributed by atoms with E-state index in [2.05, 4.69) is 30.4 Å². The molecule has 0 N–H and O–H groups in total. The van der Waals surface area contributed by atoms with Crippen molar-refractivity contribution >= 4 is 11.7 Å². The van der Waals surface area contributed by atoms with Crippen LogP contribution in [0.5, 0.6) is 0 Å². The van der Waals surface area contributed by atoms with E-state index in [1.807, 2.05) is 6.92 Å². The van der Waals surface area contributed by atoms with Crippen molar-refractivity contribution in [2.75, 3.05) is 18.0 Å². The van der Waals surface area contributed by atoms with E-state index in [0.717, 1.165) is 18.9 Å². The molecule has 0 spiro atoms. The highest BCUT2D eigenvalue weighted by Gasteiger charge is 2.16. The third-order valence-corrected chi connectivity index (χ3v) is 2.59. The van der Waals surface area contributed by atoms with Gasteiger partial charge in [-0.1, -0.05) is 0 Å². The molecule has 7 heteroatoms. The van der Waals surface area contributed by atoms with Crippen LogP contribution in [0.3, 0.4) is 0 Å². The van der Waals surface area contributed by atoms with Gasteiger partial charge in [0.25, 0.3) is 11.7 Å². The van der Waals surface area contributed by atoms with Crippen molar-refractivity contribution in [1.82, 2.24) is 30.0 Å². The summed E-state index contributed by atoms with van der Waals surface area (Å²) >= 11 is 0. The Labute approximate surface area is 86.1 Å². The van der Waals surface area contributed by atoms with E-state index in [1.165, 1.54) is 12.8 Å². The number of fused-ring (bicyclic) bond motifs is 1. The largest absolute Gasteiger partial charge is 0.338 e. The molecule has 1 aliphatic heterocycles. The topological polar surface area (TPSA) is 72.1 Å². The minimum Gasteiger partial charge on any atom is -0.338 e. The molecule has 3 rings (SSSR count). The summed E-state index contributed by atoms with van der Waals surface area (Å²) in [6, 6.07) is 0. The highest BCUT2D eigenvalue weighted by atomic mass is 15.5. The Kier molecular flexibility index (Phi) is 1.77. The molecule has 0 atom stereocenters. The summed E-state index contributed by atoms with van der Waals surface area (Å²) in [5.41, 5.74) is 0. The highest BCUT2D eigenvalue weighted by Crippen LogP contribution is 2.13. The van der Waals surface area contributed by atoms with Crippen molar-refractivity contribution in [3.8, 4) is 0 Å². The van der Waals surface area contributed by atoms with Gasteiger partial charge in [0, 0.05) is 13.1 Å². The second-order valence-corrected chi connectivity index (χ2v) is 3.65. The second-order valence-electron chi connectivity index (χ2n) is 3.65. The SMILES string of the molecule is Cc1nnc2nnc(N3CCCC3)nn12. The van der Waals surface area contributed by atoms with Crippen LogP contribution in [0.25, 0.3) is 5.78 Å². The first kappa shape index (κ1) is 8.51. The van der Waals surface area contributed by atoms with Crippen LogP contribution in [-0.2, 0) is 0 Å². The van der Waals surface area contributed by atoms with Gasteiger partial charge < -0.3 is 4.90 Å². The number of aromatic nitrogens is 6. The van der Waals surface area contributed by atoms with Crippen LogP contribution in [0, 0.1) is 6.92 Å². The maximum atomic E-state index is 4.36. The van der Waals surface area contributed by atoms with Crippen LogP contribution in [0.2, 0.25) is 0 Å². The number of aryl methyl sites for hydroxylation is 1. The van der Waals surface area contributed by atoms with Crippen LogP contribution in [0.4, 0.5) is 5.95 Å². The molecule has 1 saturated heterocycles. The Morgan fingerprint density at radius 1 is 1.00 bits per heavy atom. The van der Waals surface area contributed by atoms with Gasteiger partial charge in [-0.2, -0.15) is 4.52 Å². The average molecular weight is 205 g/mol. The monoisotopic (exact) mass is 205 g/mol. The van der Waals surface area contributed by atoms with Crippen LogP contribution in [0.1, 0.15) is 18.7 Å². The lowest BCUT2D eigenvalue weighted by atomic mass is 10.4. The molecule has 7 nitrogen and oxygen atoms in total. The molecule has 15 heavy (non-hydrogen) atoms. The van der Waals surface area contributed by atoms with Crippen molar-refractivity contribution in [2.24, 2.45) is 0 Å². The molecule has 1 aliphatic rings. The molecule has 2 aromatic rings. The van der Waals surface area contributed by atoms with E-state index >= 15 is 0 Å². The maximum Gasteiger partial charge on any atom is 0.290 e. The molecule has 0 amide bonds. The molecular formula is C8H11N7. The average Bonchev–Trinajstić information content (AvgIpc) is 2.88. The molecule has 0 aliphatic carbocycles. The molecule has 0 unspecified atom stereocenters. The molecule has 2 aromatic heterocycles. The van der Waals surface area contributed by atoms with Gasteiger partial charge in [0.1, 0.15) is 0 Å². The quantitative estimate of drug-likeness (QED) is 0.643. The second kappa shape index (κ2) is 3.11. The van der Waals surface area contributed by atoms with Crippen LogP contribution in [-0.4, -0.2) is 43.1 Å². The fraction of sp³-hybridized carbons (Fsp3) is 0.625.